The number of para-hydroxylation sites is 1. The van der Waals surface area contributed by atoms with Gasteiger partial charge in [-0.3, -0.25) is 0 Å². The first-order valence-corrected chi connectivity index (χ1v) is 5.33. The lowest BCUT2D eigenvalue weighted by atomic mass is 10.1. The van der Waals surface area contributed by atoms with Gasteiger partial charge in [-0.15, -0.1) is 0 Å². The van der Waals surface area contributed by atoms with Crippen LogP contribution in [0.3, 0.4) is 0 Å². The van der Waals surface area contributed by atoms with Crippen LogP contribution in [0.4, 0.5) is 11.4 Å². The Labute approximate surface area is 99.7 Å². The van der Waals surface area contributed by atoms with Gasteiger partial charge in [0.2, 0.25) is 0 Å². The Morgan fingerprint density at radius 3 is 2.59 bits per heavy atom. The van der Waals surface area contributed by atoms with Crippen molar-refractivity contribution in [2.24, 2.45) is 0 Å². The fraction of sp³-hybridized carbons (Fsp3) is 0.0714. The maximum absolute atomic E-state index is 10.8. The number of aromatic carboxylic acids is 1. The van der Waals surface area contributed by atoms with Crippen LogP contribution in [0.15, 0.2) is 48.5 Å². The monoisotopic (exact) mass is 227 g/mol. The summed E-state index contributed by atoms with van der Waals surface area (Å²) in [5, 5.41) is 12.1. The molecule has 0 heterocycles. The average molecular weight is 227 g/mol. The second-order valence-electron chi connectivity index (χ2n) is 3.83. The summed E-state index contributed by atoms with van der Waals surface area (Å²) in [4.78, 5) is 10.8. The number of carbonyl (C=O) groups is 1. The predicted molar refractivity (Wildman–Crippen MR) is 67.9 cm³/mol. The van der Waals surface area contributed by atoms with Gasteiger partial charge >= 0.3 is 5.97 Å². The van der Waals surface area contributed by atoms with Crippen LogP contribution in [-0.2, 0) is 0 Å². The maximum Gasteiger partial charge on any atom is 0.335 e. The van der Waals surface area contributed by atoms with Crippen LogP contribution >= 0.6 is 0 Å². The van der Waals surface area contributed by atoms with Gasteiger partial charge in [0, 0.05) is 11.4 Å². The molecule has 2 aromatic rings. The Kier molecular flexibility index (Phi) is 3.10. The van der Waals surface area contributed by atoms with Crippen molar-refractivity contribution in [2.75, 3.05) is 5.32 Å². The first kappa shape index (κ1) is 11.2. The number of carboxylic acids is 1. The fourth-order valence-electron chi connectivity index (χ4n) is 1.60. The third kappa shape index (κ3) is 2.64. The molecule has 17 heavy (non-hydrogen) atoms. The van der Waals surface area contributed by atoms with Crippen LogP contribution in [0.1, 0.15) is 15.9 Å². The molecule has 0 atom stereocenters. The number of aryl methyl sites for hydroxylation is 1. The molecular weight excluding hydrogens is 214 g/mol. The number of hydrogen-bond acceptors (Lipinski definition) is 2. The van der Waals surface area contributed by atoms with Crippen molar-refractivity contribution >= 4 is 17.3 Å². The summed E-state index contributed by atoms with van der Waals surface area (Å²) in [5.74, 6) is -0.918. The largest absolute Gasteiger partial charge is 0.478 e. The summed E-state index contributed by atoms with van der Waals surface area (Å²) in [6.07, 6.45) is 0. The lowest BCUT2D eigenvalue weighted by Crippen LogP contribution is -1.98. The Morgan fingerprint density at radius 2 is 1.88 bits per heavy atom. The molecule has 0 aliphatic carbocycles. The number of hydrogen-bond donors (Lipinski definition) is 2. The van der Waals surface area contributed by atoms with Crippen LogP contribution in [-0.4, -0.2) is 11.1 Å². The molecule has 3 nitrogen and oxygen atoms in total. The average Bonchev–Trinajstić information content (AvgIpc) is 2.32. The molecule has 0 fully saturated rings. The molecule has 0 saturated carbocycles. The minimum atomic E-state index is -0.918. The van der Waals surface area contributed by atoms with Gasteiger partial charge in [-0.1, -0.05) is 24.3 Å². The molecule has 0 aliphatic heterocycles. The Morgan fingerprint density at radius 1 is 1.12 bits per heavy atom. The third-order valence-corrected chi connectivity index (χ3v) is 2.53. The SMILES string of the molecule is Cc1ccccc1Nc1cccc(C(=O)O)c1. The summed E-state index contributed by atoms with van der Waals surface area (Å²) in [6.45, 7) is 2.00. The molecule has 2 rings (SSSR count). The number of rotatable bonds is 3. The minimum absolute atomic E-state index is 0.281. The third-order valence-electron chi connectivity index (χ3n) is 2.53. The van der Waals surface area contributed by atoms with Gasteiger partial charge in [0.25, 0.3) is 0 Å². The van der Waals surface area contributed by atoms with E-state index in [4.69, 9.17) is 5.11 Å². The van der Waals surface area contributed by atoms with Gasteiger partial charge in [0.05, 0.1) is 5.56 Å². The van der Waals surface area contributed by atoms with Crippen molar-refractivity contribution in [3.05, 3.63) is 59.7 Å². The summed E-state index contributed by atoms with van der Waals surface area (Å²) >= 11 is 0. The van der Waals surface area contributed by atoms with Crippen molar-refractivity contribution in [3.8, 4) is 0 Å². The second kappa shape index (κ2) is 4.70. The van der Waals surface area contributed by atoms with Gasteiger partial charge < -0.3 is 10.4 Å². The molecule has 2 aromatic carbocycles. The van der Waals surface area contributed by atoms with E-state index in [-0.39, 0.29) is 5.56 Å². The van der Waals surface area contributed by atoms with E-state index >= 15 is 0 Å². The van der Waals surface area contributed by atoms with E-state index in [0.717, 1.165) is 16.9 Å². The lowest BCUT2D eigenvalue weighted by molar-refractivity contribution is 0.0697. The number of nitrogens with one attached hydrogen (secondary N) is 1. The predicted octanol–water partition coefficient (Wildman–Crippen LogP) is 3.44. The number of benzene rings is 2. The standard InChI is InChI=1S/C14H13NO2/c1-10-5-2-3-8-13(10)15-12-7-4-6-11(9-12)14(16)17/h2-9,15H,1H3,(H,16,17). The Hall–Kier alpha value is -2.29. The van der Waals surface area contributed by atoms with E-state index in [1.54, 1.807) is 18.2 Å². The first-order chi connectivity index (χ1) is 8.16. The zero-order chi connectivity index (χ0) is 12.3. The molecule has 0 radical (unpaired) electrons. The first-order valence-electron chi connectivity index (χ1n) is 5.33. The van der Waals surface area contributed by atoms with Gasteiger partial charge in [-0.2, -0.15) is 0 Å². The molecular formula is C14H13NO2. The van der Waals surface area contributed by atoms with E-state index < -0.39 is 5.97 Å². The smallest absolute Gasteiger partial charge is 0.335 e. The summed E-state index contributed by atoms with van der Waals surface area (Å²) in [5.41, 5.74) is 3.16. The second-order valence-corrected chi connectivity index (χ2v) is 3.83. The van der Waals surface area contributed by atoms with Gasteiger partial charge in [-0.05, 0) is 36.8 Å². The summed E-state index contributed by atoms with van der Waals surface area (Å²) in [7, 11) is 0. The zero-order valence-corrected chi connectivity index (χ0v) is 9.47. The zero-order valence-electron chi connectivity index (χ0n) is 9.47. The number of carboxylic acid groups (broad SMARTS) is 1. The lowest BCUT2D eigenvalue weighted by Gasteiger charge is -2.09. The van der Waals surface area contributed by atoms with Crippen LogP contribution in [0.5, 0.6) is 0 Å². The molecule has 0 saturated heterocycles. The highest BCUT2D eigenvalue weighted by Crippen LogP contribution is 2.20. The molecule has 3 heteroatoms. The molecule has 0 aliphatic rings. The summed E-state index contributed by atoms with van der Waals surface area (Å²) in [6, 6.07) is 14.6. The number of anilines is 2. The van der Waals surface area contributed by atoms with Crippen LogP contribution in [0.2, 0.25) is 0 Å². The van der Waals surface area contributed by atoms with Crippen LogP contribution in [0.25, 0.3) is 0 Å². The van der Waals surface area contributed by atoms with E-state index in [0.29, 0.717) is 0 Å². The minimum Gasteiger partial charge on any atom is -0.478 e. The van der Waals surface area contributed by atoms with E-state index in [1.807, 2.05) is 37.3 Å². The van der Waals surface area contributed by atoms with Crippen molar-refractivity contribution in [1.82, 2.24) is 0 Å². The van der Waals surface area contributed by atoms with Crippen molar-refractivity contribution in [3.63, 3.8) is 0 Å². The fourth-order valence-corrected chi connectivity index (χ4v) is 1.60. The highest BCUT2D eigenvalue weighted by atomic mass is 16.4. The molecule has 0 amide bonds. The van der Waals surface area contributed by atoms with Gasteiger partial charge in [0.1, 0.15) is 0 Å². The molecule has 0 bridgehead atoms. The van der Waals surface area contributed by atoms with Gasteiger partial charge in [0.15, 0.2) is 0 Å². The van der Waals surface area contributed by atoms with E-state index in [1.165, 1.54) is 0 Å². The molecule has 0 spiro atoms. The molecule has 0 unspecified atom stereocenters. The van der Waals surface area contributed by atoms with Crippen molar-refractivity contribution in [2.45, 2.75) is 6.92 Å². The molecule has 2 N–H and O–H groups in total. The highest BCUT2D eigenvalue weighted by molar-refractivity contribution is 5.89. The van der Waals surface area contributed by atoms with E-state index in [9.17, 15) is 4.79 Å². The van der Waals surface area contributed by atoms with Crippen molar-refractivity contribution in [1.29, 1.82) is 0 Å². The topological polar surface area (TPSA) is 49.3 Å². The van der Waals surface area contributed by atoms with Crippen molar-refractivity contribution < 1.29 is 9.90 Å². The van der Waals surface area contributed by atoms with E-state index in [2.05, 4.69) is 5.32 Å². The highest BCUT2D eigenvalue weighted by Gasteiger charge is 2.03. The summed E-state index contributed by atoms with van der Waals surface area (Å²) < 4.78 is 0. The maximum atomic E-state index is 10.8. The Balaban J connectivity index is 2.28. The van der Waals surface area contributed by atoms with Crippen LogP contribution in [0, 0.1) is 6.92 Å². The van der Waals surface area contributed by atoms with Gasteiger partial charge in [-0.25, -0.2) is 4.79 Å². The molecule has 86 valence electrons. The quantitative estimate of drug-likeness (QED) is 0.844. The Bertz CT molecular complexity index is 549. The normalized spacial score (nSPS) is 9.94. The molecule has 0 aromatic heterocycles. The van der Waals surface area contributed by atoms with Crippen LogP contribution < -0.4 is 5.32 Å².